The van der Waals surface area contributed by atoms with E-state index in [9.17, 15) is 22.8 Å². The molecule has 0 radical (unpaired) electrons. The molecule has 1 aromatic carbocycles. The van der Waals surface area contributed by atoms with E-state index in [1.54, 1.807) is 12.1 Å². The monoisotopic (exact) mass is 341 g/mol. The van der Waals surface area contributed by atoms with Crippen molar-refractivity contribution in [3.63, 3.8) is 0 Å². The van der Waals surface area contributed by atoms with Crippen LogP contribution >= 0.6 is 0 Å². The van der Waals surface area contributed by atoms with E-state index in [0.717, 1.165) is 5.56 Å². The van der Waals surface area contributed by atoms with Crippen molar-refractivity contribution < 1.29 is 23.1 Å². The Hall–Kier alpha value is -2.68. The number of hydrogen-bond acceptors (Lipinski definition) is 4. The van der Waals surface area contributed by atoms with Gasteiger partial charge < -0.3 is 10.4 Å². The van der Waals surface area contributed by atoms with Gasteiger partial charge >= 0.3 is 6.18 Å². The summed E-state index contributed by atoms with van der Waals surface area (Å²) in [6.45, 7) is 0.832. The predicted molar refractivity (Wildman–Crippen MR) is 79.4 cm³/mol. The summed E-state index contributed by atoms with van der Waals surface area (Å²) in [5, 5.41) is 16.7. The second-order valence-corrected chi connectivity index (χ2v) is 5.13. The first-order valence-electron chi connectivity index (χ1n) is 6.88. The zero-order valence-electron chi connectivity index (χ0n) is 12.5. The van der Waals surface area contributed by atoms with E-state index < -0.39 is 35.9 Å². The summed E-state index contributed by atoms with van der Waals surface area (Å²) in [5.74, 6) is -1.03. The van der Waals surface area contributed by atoms with Gasteiger partial charge in [-0.1, -0.05) is 29.8 Å². The molecule has 128 valence electrons. The average Bonchev–Trinajstić information content (AvgIpc) is 2.52. The van der Waals surface area contributed by atoms with Crippen molar-refractivity contribution in [2.24, 2.45) is 0 Å². The number of aliphatic hydroxyl groups is 1. The minimum absolute atomic E-state index is 0.288. The van der Waals surface area contributed by atoms with E-state index in [1.807, 2.05) is 24.4 Å². The van der Waals surface area contributed by atoms with Crippen molar-refractivity contribution in [1.29, 1.82) is 0 Å². The number of benzene rings is 1. The van der Waals surface area contributed by atoms with Gasteiger partial charge in [0.1, 0.15) is 5.56 Å². The number of nitrogens with one attached hydrogen (secondary N) is 2. The van der Waals surface area contributed by atoms with Gasteiger partial charge in [-0.2, -0.15) is 18.3 Å². The Morgan fingerprint density at radius 2 is 1.96 bits per heavy atom. The molecule has 0 aliphatic carbocycles. The van der Waals surface area contributed by atoms with Crippen LogP contribution in [0.5, 0.6) is 0 Å². The third-order valence-corrected chi connectivity index (χ3v) is 3.23. The molecule has 24 heavy (non-hydrogen) atoms. The van der Waals surface area contributed by atoms with E-state index in [0.29, 0.717) is 5.56 Å². The van der Waals surface area contributed by atoms with Crippen LogP contribution in [0, 0.1) is 6.92 Å². The number of aliphatic hydroxyl groups excluding tert-OH is 1. The Morgan fingerprint density at radius 1 is 1.33 bits per heavy atom. The number of aromatic nitrogens is 2. The summed E-state index contributed by atoms with van der Waals surface area (Å²) >= 11 is 0. The topological polar surface area (TPSA) is 95.1 Å². The minimum Gasteiger partial charge on any atom is -0.382 e. The predicted octanol–water partition coefficient (Wildman–Crippen LogP) is 1.40. The maximum absolute atomic E-state index is 12.2. The van der Waals surface area contributed by atoms with Crippen molar-refractivity contribution in [1.82, 2.24) is 15.5 Å². The van der Waals surface area contributed by atoms with Crippen LogP contribution in [-0.2, 0) is 0 Å². The first-order chi connectivity index (χ1) is 11.2. The first kappa shape index (κ1) is 17.7. The van der Waals surface area contributed by atoms with Crippen LogP contribution in [0.15, 0.2) is 35.1 Å². The molecule has 6 nitrogen and oxygen atoms in total. The quantitative estimate of drug-likeness (QED) is 0.783. The molecular formula is C15H14F3N3O3. The van der Waals surface area contributed by atoms with Crippen LogP contribution in [0.3, 0.4) is 0 Å². The summed E-state index contributed by atoms with van der Waals surface area (Å²) in [4.78, 5) is 23.6. The lowest BCUT2D eigenvalue weighted by atomic mass is 10.1. The standard InChI is InChI=1S/C15H14F3N3O3/c1-8-2-4-9(5-3-8)11-6-10(14(24)21-20-11)13(23)19-7-12(22)15(16,17)18/h2-6,12,22H,7H2,1H3,(H,19,23)(H,21,24). The molecule has 1 atom stereocenters. The molecule has 1 amide bonds. The highest BCUT2D eigenvalue weighted by molar-refractivity contribution is 5.94. The number of nitrogens with zero attached hydrogens (tertiary/aromatic N) is 1. The van der Waals surface area contributed by atoms with E-state index in [1.165, 1.54) is 6.07 Å². The number of aromatic amines is 1. The van der Waals surface area contributed by atoms with Crippen molar-refractivity contribution in [3.05, 3.63) is 51.8 Å². The molecule has 0 fully saturated rings. The smallest absolute Gasteiger partial charge is 0.382 e. The molecule has 1 unspecified atom stereocenters. The number of alkyl halides is 3. The van der Waals surface area contributed by atoms with E-state index >= 15 is 0 Å². The maximum atomic E-state index is 12.2. The number of carbonyl (C=O) groups is 1. The number of hydrogen-bond donors (Lipinski definition) is 3. The Morgan fingerprint density at radius 3 is 2.54 bits per heavy atom. The lowest BCUT2D eigenvalue weighted by Crippen LogP contribution is -2.42. The van der Waals surface area contributed by atoms with E-state index in [-0.39, 0.29) is 5.69 Å². The zero-order valence-corrected chi connectivity index (χ0v) is 12.5. The van der Waals surface area contributed by atoms with Crippen LogP contribution in [-0.4, -0.2) is 40.0 Å². The van der Waals surface area contributed by atoms with Gasteiger partial charge in [0.05, 0.1) is 12.2 Å². The highest BCUT2D eigenvalue weighted by Gasteiger charge is 2.38. The van der Waals surface area contributed by atoms with Crippen LogP contribution in [0.2, 0.25) is 0 Å². The molecule has 2 aromatic rings. The molecule has 0 aliphatic heterocycles. The highest BCUT2D eigenvalue weighted by Crippen LogP contribution is 2.19. The van der Waals surface area contributed by atoms with Crippen molar-refractivity contribution in [2.75, 3.05) is 6.54 Å². The Kier molecular flexibility index (Phi) is 5.03. The van der Waals surface area contributed by atoms with Crippen LogP contribution in [0.4, 0.5) is 13.2 Å². The van der Waals surface area contributed by atoms with Crippen LogP contribution in [0.25, 0.3) is 11.3 Å². The van der Waals surface area contributed by atoms with Gasteiger partial charge in [0, 0.05) is 5.56 Å². The Balaban J connectivity index is 2.21. The molecule has 0 aliphatic rings. The first-order valence-corrected chi connectivity index (χ1v) is 6.88. The minimum atomic E-state index is -4.86. The number of rotatable bonds is 4. The highest BCUT2D eigenvalue weighted by atomic mass is 19.4. The normalized spacial score (nSPS) is 12.7. The summed E-state index contributed by atoms with van der Waals surface area (Å²) < 4.78 is 36.7. The van der Waals surface area contributed by atoms with Gasteiger partial charge in [-0.05, 0) is 13.0 Å². The number of H-pyrrole nitrogens is 1. The van der Waals surface area contributed by atoms with Crippen LogP contribution < -0.4 is 10.9 Å². The lowest BCUT2D eigenvalue weighted by molar-refractivity contribution is -0.201. The van der Waals surface area contributed by atoms with Crippen LogP contribution in [0.1, 0.15) is 15.9 Å². The SMILES string of the molecule is Cc1ccc(-c2cc(C(=O)NCC(O)C(F)(F)F)c(=O)[nH]n2)cc1. The fraction of sp³-hybridized carbons (Fsp3) is 0.267. The average molecular weight is 341 g/mol. The molecule has 2 rings (SSSR count). The summed E-state index contributed by atoms with van der Waals surface area (Å²) in [5.41, 5.74) is 0.680. The van der Waals surface area contributed by atoms with E-state index in [4.69, 9.17) is 5.11 Å². The zero-order chi connectivity index (χ0) is 17.9. The molecule has 3 N–H and O–H groups in total. The van der Waals surface area contributed by atoms with E-state index in [2.05, 4.69) is 10.2 Å². The van der Waals surface area contributed by atoms with Crippen molar-refractivity contribution in [3.8, 4) is 11.3 Å². The fourth-order valence-electron chi connectivity index (χ4n) is 1.85. The molecule has 0 spiro atoms. The largest absolute Gasteiger partial charge is 0.416 e. The third-order valence-electron chi connectivity index (χ3n) is 3.23. The third kappa shape index (κ3) is 4.19. The fourth-order valence-corrected chi connectivity index (χ4v) is 1.85. The maximum Gasteiger partial charge on any atom is 0.416 e. The van der Waals surface area contributed by atoms with Gasteiger partial charge in [0.15, 0.2) is 6.10 Å². The molecule has 0 bridgehead atoms. The number of carbonyl (C=O) groups excluding carboxylic acids is 1. The molecular weight excluding hydrogens is 327 g/mol. The Labute approximate surface area is 134 Å². The van der Waals surface area contributed by atoms with Gasteiger partial charge in [0.2, 0.25) is 0 Å². The van der Waals surface area contributed by atoms with Gasteiger partial charge in [-0.15, -0.1) is 0 Å². The number of amides is 1. The molecule has 1 aromatic heterocycles. The van der Waals surface area contributed by atoms with Gasteiger partial charge in [0.25, 0.3) is 11.5 Å². The van der Waals surface area contributed by atoms with Crippen molar-refractivity contribution >= 4 is 5.91 Å². The van der Waals surface area contributed by atoms with Gasteiger partial charge in [-0.25, -0.2) is 5.10 Å². The van der Waals surface area contributed by atoms with Gasteiger partial charge in [-0.3, -0.25) is 9.59 Å². The molecule has 0 saturated carbocycles. The second kappa shape index (κ2) is 6.83. The Bertz CT molecular complexity index is 785. The summed E-state index contributed by atoms with van der Waals surface area (Å²) in [6.07, 6.45) is -7.57. The molecule has 9 heteroatoms. The molecule has 0 saturated heterocycles. The van der Waals surface area contributed by atoms with Crippen molar-refractivity contribution in [2.45, 2.75) is 19.2 Å². The number of halogens is 3. The second-order valence-electron chi connectivity index (χ2n) is 5.13. The lowest BCUT2D eigenvalue weighted by Gasteiger charge is -2.14. The summed E-state index contributed by atoms with van der Waals surface area (Å²) in [7, 11) is 0. The summed E-state index contributed by atoms with van der Waals surface area (Å²) in [6, 6.07) is 8.25. The molecule has 1 heterocycles. The number of aryl methyl sites for hydroxylation is 1.